The molecule has 1 heterocycles. The van der Waals surface area contributed by atoms with E-state index in [0.29, 0.717) is 24.9 Å². The molecule has 2 aromatic rings. The zero-order valence-corrected chi connectivity index (χ0v) is 12.0. The number of aromatic nitrogens is 2. The van der Waals surface area contributed by atoms with Crippen molar-refractivity contribution in [3.63, 3.8) is 0 Å². The normalized spacial score (nSPS) is 10.5. The minimum absolute atomic E-state index is 0.0570. The first-order valence-corrected chi connectivity index (χ1v) is 6.32. The molecule has 17 heavy (non-hydrogen) atoms. The first kappa shape index (κ1) is 12.7. The fourth-order valence-corrected chi connectivity index (χ4v) is 2.45. The smallest absolute Gasteiger partial charge is 0.266 e. The average Bonchev–Trinajstić information content (AvgIpc) is 2.22. The Bertz CT molecular complexity index is 622. The van der Waals surface area contributed by atoms with Gasteiger partial charge in [-0.05, 0) is 40.8 Å². The van der Waals surface area contributed by atoms with Crippen LogP contribution in [0.15, 0.2) is 23.0 Å². The Labute approximate surface area is 120 Å². The highest BCUT2D eigenvalue weighted by Gasteiger charge is 2.11. The summed E-state index contributed by atoms with van der Waals surface area (Å²) in [6, 6.07) is 4.96. The fraction of sp³-hybridized carbons (Fsp3) is 0. The zero-order chi connectivity index (χ0) is 12.6. The Morgan fingerprint density at radius 3 is 2.41 bits per heavy atom. The van der Waals surface area contributed by atoms with Crippen molar-refractivity contribution in [1.29, 1.82) is 0 Å². The van der Waals surface area contributed by atoms with Crippen LogP contribution in [0.4, 0.5) is 5.95 Å². The van der Waals surface area contributed by atoms with Gasteiger partial charge in [-0.25, -0.2) is 4.98 Å². The maximum atomic E-state index is 11.6. The highest BCUT2D eigenvalue weighted by atomic mass is 127. The zero-order valence-electron chi connectivity index (χ0n) is 8.30. The molecule has 0 bridgehead atoms. The van der Waals surface area contributed by atoms with Crippen LogP contribution in [0.1, 0.15) is 0 Å². The summed E-state index contributed by atoms with van der Waals surface area (Å²) in [6.07, 6.45) is 0. The van der Waals surface area contributed by atoms with E-state index in [1.807, 2.05) is 22.6 Å². The van der Waals surface area contributed by atoms with Crippen molar-refractivity contribution < 1.29 is 0 Å². The lowest BCUT2D eigenvalue weighted by molar-refractivity contribution is 1.12. The summed E-state index contributed by atoms with van der Waals surface area (Å²) in [5.41, 5.74) is 6.34. The number of hydrogen-bond acceptors (Lipinski definition) is 3. The van der Waals surface area contributed by atoms with Crippen molar-refractivity contribution in [2.45, 2.75) is 0 Å². The quantitative estimate of drug-likeness (QED) is 0.746. The number of aromatic amines is 1. The van der Waals surface area contributed by atoms with E-state index in [2.05, 4.69) is 9.97 Å². The van der Waals surface area contributed by atoms with E-state index in [4.69, 9.17) is 28.9 Å². The summed E-state index contributed by atoms with van der Waals surface area (Å²) in [7, 11) is 0. The van der Waals surface area contributed by atoms with Crippen LogP contribution >= 0.6 is 45.8 Å². The summed E-state index contributed by atoms with van der Waals surface area (Å²) < 4.78 is 0.440. The fourth-order valence-electron chi connectivity index (χ4n) is 1.36. The molecule has 88 valence electrons. The summed E-state index contributed by atoms with van der Waals surface area (Å²) in [5, 5.41) is 0.952. The predicted octanol–water partition coefficient (Wildman–Crippen LogP) is 2.93. The number of anilines is 1. The van der Waals surface area contributed by atoms with E-state index >= 15 is 0 Å². The molecule has 0 atom stereocenters. The van der Waals surface area contributed by atoms with Gasteiger partial charge in [-0.15, -0.1) is 0 Å². The number of halogens is 3. The molecule has 0 unspecified atom stereocenters. The Morgan fingerprint density at radius 1 is 1.24 bits per heavy atom. The summed E-state index contributed by atoms with van der Waals surface area (Å²) >= 11 is 13.7. The lowest BCUT2D eigenvalue weighted by Gasteiger charge is -2.05. The van der Waals surface area contributed by atoms with Gasteiger partial charge >= 0.3 is 0 Å². The molecular formula is C10H6Cl2IN3O. The van der Waals surface area contributed by atoms with Gasteiger partial charge < -0.3 is 5.73 Å². The first-order chi connectivity index (χ1) is 7.97. The summed E-state index contributed by atoms with van der Waals surface area (Å²) in [6.45, 7) is 0. The van der Waals surface area contributed by atoms with Crippen LogP contribution in [0.25, 0.3) is 11.3 Å². The van der Waals surface area contributed by atoms with Gasteiger partial charge in [0.2, 0.25) is 5.95 Å². The number of nitrogens with zero attached hydrogens (tertiary/aromatic N) is 1. The van der Waals surface area contributed by atoms with E-state index in [1.165, 1.54) is 0 Å². The van der Waals surface area contributed by atoms with Crippen molar-refractivity contribution >= 4 is 51.7 Å². The third-order valence-electron chi connectivity index (χ3n) is 2.02. The Hall–Kier alpha value is -0.790. The average molecular weight is 382 g/mol. The molecule has 3 N–H and O–H groups in total. The van der Waals surface area contributed by atoms with Crippen LogP contribution in [0, 0.1) is 3.57 Å². The maximum Gasteiger partial charge on any atom is 0.266 e. The lowest BCUT2D eigenvalue weighted by Crippen LogP contribution is -2.15. The molecule has 0 spiro atoms. The third kappa shape index (κ3) is 2.72. The van der Waals surface area contributed by atoms with Gasteiger partial charge in [-0.3, -0.25) is 9.78 Å². The highest BCUT2D eigenvalue weighted by Crippen LogP contribution is 2.27. The van der Waals surface area contributed by atoms with Crippen LogP contribution in [0.5, 0.6) is 0 Å². The molecule has 0 aliphatic heterocycles. The Kier molecular flexibility index (Phi) is 3.60. The molecule has 7 heteroatoms. The topological polar surface area (TPSA) is 71.8 Å². The molecule has 0 saturated heterocycles. The molecule has 2 rings (SSSR count). The van der Waals surface area contributed by atoms with Crippen molar-refractivity contribution in [2.24, 2.45) is 0 Å². The molecule has 1 aromatic carbocycles. The van der Waals surface area contributed by atoms with Crippen LogP contribution in [0.2, 0.25) is 10.0 Å². The second kappa shape index (κ2) is 4.83. The molecule has 0 radical (unpaired) electrons. The largest absolute Gasteiger partial charge is 0.369 e. The van der Waals surface area contributed by atoms with Gasteiger partial charge in [0.05, 0.1) is 5.69 Å². The number of nitrogens with two attached hydrogens (primary N) is 1. The Morgan fingerprint density at radius 2 is 1.82 bits per heavy atom. The van der Waals surface area contributed by atoms with E-state index in [-0.39, 0.29) is 11.5 Å². The molecule has 0 amide bonds. The van der Waals surface area contributed by atoms with Gasteiger partial charge in [0.25, 0.3) is 5.56 Å². The number of nitrogens with one attached hydrogen (secondary N) is 1. The van der Waals surface area contributed by atoms with Crippen molar-refractivity contribution in [3.8, 4) is 11.3 Å². The van der Waals surface area contributed by atoms with Crippen molar-refractivity contribution in [1.82, 2.24) is 9.97 Å². The summed E-state index contributed by atoms with van der Waals surface area (Å²) in [4.78, 5) is 18.1. The number of benzene rings is 1. The van der Waals surface area contributed by atoms with Crippen LogP contribution in [-0.2, 0) is 0 Å². The minimum atomic E-state index is -0.288. The maximum absolute atomic E-state index is 11.6. The van der Waals surface area contributed by atoms with Crippen LogP contribution < -0.4 is 11.3 Å². The molecule has 0 aliphatic rings. The van der Waals surface area contributed by atoms with Crippen molar-refractivity contribution in [3.05, 3.63) is 42.2 Å². The first-order valence-electron chi connectivity index (χ1n) is 4.49. The SMILES string of the molecule is Nc1nc(-c2cc(Cl)cc(Cl)c2)c(I)c(=O)[nH]1. The molecule has 0 fully saturated rings. The molecule has 0 saturated carbocycles. The number of nitrogen functional groups attached to an aromatic ring is 1. The van der Waals surface area contributed by atoms with E-state index < -0.39 is 0 Å². The van der Waals surface area contributed by atoms with E-state index in [1.54, 1.807) is 18.2 Å². The lowest BCUT2D eigenvalue weighted by atomic mass is 10.1. The molecule has 0 aliphatic carbocycles. The van der Waals surface area contributed by atoms with Gasteiger partial charge in [0.15, 0.2) is 0 Å². The molecular weight excluding hydrogens is 376 g/mol. The van der Waals surface area contributed by atoms with Crippen LogP contribution in [-0.4, -0.2) is 9.97 Å². The third-order valence-corrected chi connectivity index (χ3v) is 3.45. The summed E-state index contributed by atoms with van der Waals surface area (Å²) in [5.74, 6) is 0.0570. The van der Waals surface area contributed by atoms with Gasteiger partial charge in [0.1, 0.15) is 3.57 Å². The standard InChI is InChI=1S/C10H6Cl2IN3O/c11-5-1-4(2-6(12)3-5)8-7(13)9(17)16-10(14)15-8/h1-3H,(H3,14,15,16,17). The van der Waals surface area contributed by atoms with Gasteiger partial charge in [-0.1, -0.05) is 23.2 Å². The van der Waals surface area contributed by atoms with E-state index in [9.17, 15) is 4.79 Å². The Balaban J connectivity index is 2.72. The van der Waals surface area contributed by atoms with Gasteiger partial charge in [-0.2, -0.15) is 0 Å². The molecule has 4 nitrogen and oxygen atoms in total. The second-order valence-electron chi connectivity index (χ2n) is 3.27. The van der Waals surface area contributed by atoms with E-state index in [0.717, 1.165) is 0 Å². The minimum Gasteiger partial charge on any atom is -0.369 e. The highest BCUT2D eigenvalue weighted by molar-refractivity contribution is 14.1. The van der Waals surface area contributed by atoms with Gasteiger partial charge in [0, 0.05) is 15.6 Å². The molecule has 1 aromatic heterocycles. The monoisotopic (exact) mass is 381 g/mol. The number of H-pyrrole nitrogens is 1. The second-order valence-corrected chi connectivity index (χ2v) is 5.22. The number of hydrogen-bond donors (Lipinski definition) is 2. The van der Waals surface area contributed by atoms with Crippen molar-refractivity contribution in [2.75, 3.05) is 5.73 Å². The predicted molar refractivity (Wildman–Crippen MR) is 77.4 cm³/mol. The van der Waals surface area contributed by atoms with Crippen LogP contribution in [0.3, 0.4) is 0 Å². The number of rotatable bonds is 1.